The maximum absolute atomic E-state index is 12.9. The Hall–Kier alpha value is -6.81. The summed E-state index contributed by atoms with van der Waals surface area (Å²) in [6.07, 6.45) is -5.16. The van der Waals surface area contributed by atoms with Crippen LogP contribution in [0.15, 0.2) is 12.4 Å². The maximum Gasteiger partial charge on any atom is 0.338 e. The highest BCUT2D eigenvalue weighted by molar-refractivity contribution is 5.78. The van der Waals surface area contributed by atoms with Crippen LogP contribution in [0.2, 0.25) is 0 Å². The zero-order valence-corrected chi connectivity index (χ0v) is 46.2. The van der Waals surface area contributed by atoms with Crippen LogP contribution in [0.4, 0.5) is 0 Å². The van der Waals surface area contributed by atoms with Gasteiger partial charge in [-0.2, -0.15) is 0 Å². The fraction of sp³-hybridized carbons (Fsp3) is 0.729. The van der Waals surface area contributed by atoms with Crippen molar-refractivity contribution in [2.75, 3.05) is 52.9 Å². The van der Waals surface area contributed by atoms with Crippen LogP contribution in [0.1, 0.15) is 93.0 Å². The molecule has 0 saturated carbocycles. The number of aliphatic carboxylic acids is 1. The summed E-state index contributed by atoms with van der Waals surface area (Å²) in [5, 5.41) is 38.6. The zero-order chi connectivity index (χ0) is 58.9. The molecular formula is C48H74N10O22. The van der Waals surface area contributed by atoms with E-state index in [1.807, 2.05) is 6.92 Å². The lowest BCUT2D eigenvalue weighted by Gasteiger charge is -2.44. The molecule has 2 aromatic rings. The molecule has 4 rings (SSSR count). The van der Waals surface area contributed by atoms with Crippen LogP contribution in [0, 0.1) is 0 Å². The summed E-state index contributed by atoms with van der Waals surface area (Å²) in [7, 11) is 0. The van der Waals surface area contributed by atoms with E-state index in [0.29, 0.717) is 24.2 Å². The molecule has 2 aliphatic rings. The van der Waals surface area contributed by atoms with Crippen molar-refractivity contribution in [2.24, 2.45) is 0 Å². The van der Waals surface area contributed by atoms with Crippen molar-refractivity contribution in [3.63, 3.8) is 0 Å². The largest absolute Gasteiger partial charge is 0.479 e. The minimum atomic E-state index is -1.60. The fourth-order valence-electron chi connectivity index (χ4n) is 8.31. The van der Waals surface area contributed by atoms with Crippen LogP contribution in [0.5, 0.6) is 0 Å². The number of carboxylic acid groups (broad SMARTS) is 1. The van der Waals surface area contributed by atoms with E-state index in [1.54, 1.807) is 12.4 Å². The summed E-state index contributed by atoms with van der Waals surface area (Å²) in [4.78, 5) is 109. The predicted octanol–water partition coefficient (Wildman–Crippen LogP) is -1.90. The van der Waals surface area contributed by atoms with E-state index in [4.69, 9.17) is 56.8 Å². The summed E-state index contributed by atoms with van der Waals surface area (Å²) >= 11 is 0. The molecule has 2 fully saturated rings. The third-order valence-electron chi connectivity index (χ3n) is 11.7. The van der Waals surface area contributed by atoms with Gasteiger partial charge in [-0.25, -0.2) is 14.2 Å². The van der Waals surface area contributed by atoms with E-state index in [2.05, 4.69) is 41.9 Å². The van der Waals surface area contributed by atoms with Gasteiger partial charge < -0.3 is 72.6 Å². The van der Waals surface area contributed by atoms with Gasteiger partial charge in [-0.3, -0.25) is 49.0 Å². The maximum atomic E-state index is 12.9. The van der Waals surface area contributed by atoms with E-state index < -0.39 is 121 Å². The van der Waals surface area contributed by atoms with Gasteiger partial charge in [0.2, 0.25) is 11.8 Å². The molecule has 2 aliphatic heterocycles. The van der Waals surface area contributed by atoms with Gasteiger partial charge in [0.1, 0.15) is 37.5 Å². The van der Waals surface area contributed by atoms with Crippen molar-refractivity contribution in [3.05, 3.63) is 23.8 Å². The first-order chi connectivity index (χ1) is 38.0. The van der Waals surface area contributed by atoms with E-state index >= 15 is 0 Å². The summed E-state index contributed by atoms with van der Waals surface area (Å²) < 4.78 is 70.3. The highest BCUT2D eigenvalue weighted by Gasteiger charge is 2.53. The Morgan fingerprint density at radius 3 is 1.29 bits per heavy atom. The van der Waals surface area contributed by atoms with Crippen LogP contribution in [0.3, 0.4) is 0 Å². The molecule has 448 valence electrons. The van der Waals surface area contributed by atoms with Crippen molar-refractivity contribution in [3.8, 4) is 0 Å². The van der Waals surface area contributed by atoms with Gasteiger partial charge in [0.05, 0.1) is 64.1 Å². The molecule has 0 unspecified atom stereocenters. The summed E-state index contributed by atoms with van der Waals surface area (Å²) in [6.45, 7) is 11.2. The first-order valence-corrected chi connectivity index (χ1v) is 25.7. The molecule has 2 aromatic heterocycles. The summed E-state index contributed by atoms with van der Waals surface area (Å²) in [5.41, 5.74) is -0.727. The van der Waals surface area contributed by atoms with Gasteiger partial charge in [0, 0.05) is 80.9 Å². The molecule has 0 bridgehead atoms. The number of esters is 6. The van der Waals surface area contributed by atoms with Gasteiger partial charge in [0.15, 0.2) is 42.7 Å². The zero-order valence-electron chi connectivity index (χ0n) is 46.2. The highest BCUT2D eigenvalue weighted by atomic mass is 16.7. The minimum Gasteiger partial charge on any atom is -0.479 e. The lowest BCUT2D eigenvalue weighted by Crippen LogP contribution is -2.66. The Bertz CT molecular complexity index is 2220. The monoisotopic (exact) mass is 1140 g/mol. The van der Waals surface area contributed by atoms with Crippen LogP contribution >= 0.6 is 0 Å². The average molecular weight is 1140 g/mol. The van der Waals surface area contributed by atoms with Crippen molar-refractivity contribution in [1.29, 1.82) is 0 Å². The predicted molar refractivity (Wildman–Crippen MR) is 265 cm³/mol. The molecule has 0 spiro atoms. The number of carboxylic acids is 1. The number of nitrogens with zero attached hydrogens (tertiary/aromatic N) is 6. The molecule has 0 aromatic carbocycles. The molecule has 5 N–H and O–H groups in total. The van der Waals surface area contributed by atoms with E-state index in [1.165, 1.54) is 37.1 Å². The smallest absolute Gasteiger partial charge is 0.338 e. The van der Waals surface area contributed by atoms with Gasteiger partial charge >= 0.3 is 41.8 Å². The second-order valence-corrected chi connectivity index (χ2v) is 18.4. The van der Waals surface area contributed by atoms with Crippen LogP contribution in [-0.4, -0.2) is 208 Å². The van der Waals surface area contributed by atoms with Crippen molar-refractivity contribution in [2.45, 2.75) is 175 Å². The molecule has 80 heavy (non-hydrogen) atoms. The molecular weight excluding hydrogens is 1070 g/mol. The highest BCUT2D eigenvalue weighted by Crippen LogP contribution is 2.30. The number of aromatic nitrogens is 6. The molecule has 4 heterocycles. The molecule has 2 amide bonds. The third-order valence-corrected chi connectivity index (χ3v) is 11.7. The fourth-order valence-corrected chi connectivity index (χ4v) is 8.31. The summed E-state index contributed by atoms with van der Waals surface area (Å²) in [5.74, 6) is -6.47. The first kappa shape index (κ1) is 65.7. The molecule has 0 aliphatic carbocycles. The first-order valence-electron chi connectivity index (χ1n) is 25.7. The van der Waals surface area contributed by atoms with Gasteiger partial charge in [-0.1, -0.05) is 23.8 Å². The number of hydrogen-bond acceptors (Lipinski definition) is 27. The van der Waals surface area contributed by atoms with Crippen LogP contribution in [-0.2, 0) is 126 Å². The van der Waals surface area contributed by atoms with Crippen molar-refractivity contribution in [1.82, 2.24) is 51.3 Å². The van der Waals surface area contributed by atoms with Crippen molar-refractivity contribution < 1.29 is 105 Å². The molecule has 32 nitrogen and oxygen atoms in total. The lowest BCUT2D eigenvalue weighted by atomic mass is 9.96. The number of ether oxygens (including phenoxy) is 12. The number of carbonyl (C=O) groups is 9. The number of carbonyl (C=O) groups excluding carboxylic acids is 8. The quantitative estimate of drug-likeness (QED) is 0.0221. The number of unbranched alkanes of at least 4 members (excludes halogenated alkanes) is 1. The van der Waals surface area contributed by atoms with Crippen LogP contribution in [0.25, 0.3) is 0 Å². The normalized spacial score (nSPS) is 22.8. The Balaban J connectivity index is 1.26. The van der Waals surface area contributed by atoms with E-state index in [9.17, 15) is 48.3 Å². The molecule has 0 radical (unpaired) electrons. The standard InChI is InChI=1S/C48H74N10O22/c1-10-11-12-48(47(67)68,49-21-35-23-57(55-53-35)13-15-69-17-19-71-45-39(51-27(2)59)43(77-33(8)65)41(75-31(6)63)37(79-45)25-73-29(4)61)50-22-36-24-58(56-54-36)14-16-70-18-20-72-46-40(52-28(3)60)44(78-34(9)66)42(76-32(7)64)38(80-46)26-74-30(5)62/h23-24,37-46,49-50H,10-22,25-26H2,1-9H3,(H,51,59)(H,52,60)(H,67,68)/t37-,38-,39-,40-,41+,42+,43-,44-,45-,46-/m1/s1. The van der Waals surface area contributed by atoms with Crippen LogP contribution < -0.4 is 21.3 Å². The number of amides is 2. The van der Waals surface area contributed by atoms with Crippen molar-refractivity contribution >= 4 is 53.6 Å². The van der Waals surface area contributed by atoms with Gasteiger partial charge in [-0.05, 0) is 12.8 Å². The molecule has 10 atom stereocenters. The third kappa shape index (κ3) is 22.0. The van der Waals surface area contributed by atoms with E-state index in [-0.39, 0.29) is 85.5 Å². The number of hydrogen-bond donors (Lipinski definition) is 5. The SMILES string of the molecule is CCCCC(NCc1cn(CCOCCO[C@@H]2O[C@H](COC(C)=O)[C@H](OC(C)=O)[C@H](OC(C)=O)[C@H]2NC(C)=O)nn1)(NCc1cn(CCOCCO[C@@H]2O[C@H](COC(C)=O)[C@H](OC(C)=O)[C@H](OC(C)=O)[C@H]2NC(C)=O)nn1)C(=O)O. The minimum absolute atomic E-state index is 0.0185. The average Bonchev–Trinajstić information content (AvgIpc) is 4.14. The number of nitrogens with one attached hydrogen (secondary N) is 4. The molecule has 2 saturated heterocycles. The topological polar surface area (TPSA) is 394 Å². The van der Waals surface area contributed by atoms with E-state index in [0.717, 1.165) is 27.7 Å². The van der Waals surface area contributed by atoms with Gasteiger partial charge in [-0.15, -0.1) is 10.2 Å². The second-order valence-electron chi connectivity index (χ2n) is 18.4. The Morgan fingerprint density at radius 2 is 0.950 bits per heavy atom. The van der Waals surface area contributed by atoms with Gasteiger partial charge in [0.25, 0.3) is 0 Å². The Morgan fingerprint density at radius 1 is 0.562 bits per heavy atom. The summed E-state index contributed by atoms with van der Waals surface area (Å²) in [6, 6.07) is -2.28. The Labute approximate surface area is 460 Å². The second kappa shape index (κ2) is 33.1. The lowest BCUT2D eigenvalue weighted by molar-refractivity contribution is -0.279. The Kier molecular flexibility index (Phi) is 27.2. The molecule has 32 heteroatoms. The number of rotatable bonds is 34.